The van der Waals surface area contributed by atoms with Crippen molar-refractivity contribution in [2.45, 2.75) is 44.4 Å². The largest absolute Gasteiger partial charge is 0.418 e. The van der Waals surface area contributed by atoms with Crippen LogP contribution in [0.15, 0.2) is 60.7 Å². The fraction of sp³-hybridized carbons (Fsp3) is 0.333. The second-order valence-corrected chi connectivity index (χ2v) is 7.18. The summed E-state index contributed by atoms with van der Waals surface area (Å²) in [5.41, 5.74) is 1.79. The van der Waals surface area contributed by atoms with Gasteiger partial charge in [0.05, 0.1) is 6.54 Å². The Balaban J connectivity index is 1.67. The van der Waals surface area contributed by atoms with Gasteiger partial charge in [0.2, 0.25) is 0 Å². The number of hydrogen-bond donors (Lipinski definition) is 0. The molecule has 0 spiro atoms. The number of carbonyl (C=O) groups excluding carboxylic acids is 2. The van der Waals surface area contributed by atoms with Crippen molar-refractivity contribution in [2.24, 2.45) is 0 Å². The van der Waals surface area contributed by atoms with E-state index in [0.29, 0.717) is 0 Å². The predicted molar refractivity (Wildman–Crippen MR) is 96.5 cm³/mol. The smallest absolute Gasteiger partial charge is 0.374 e. The van der Waals surface area contributed by atoms with Crippen molar-refractivity contribution in [1.82, 2.24) is 4.90 Å². The quantitative estimate of drug-likeness (QED) is 0.612. The molecule has 2 aromatic carbocycles. The number of hydrogen-bond acceptors (Lipinski definition) is 5. The van der Waals surface area contributed by atoms with Crippen LogP contribution in [-0.4, -0.2) is 34.9 Å². The van der Waals surface area contributed by atoms with Crippen molar-refractivity contribution in [3.05, 3.63) is 71.8 Å². The molecule has 6 nitrogen and oxygen atoms in total. The molecule has 2 heterocycles. The van der Waals surface area contributed by atoms with Crippen LogP contribution in [0.25, 0.3) is 0 Å². The summed E-state index contributed by atoms with van der Waals surface area (Å²) in [5, 5.41) is 0. The third-order valence-corrected chi connectivity index (χ3v) is 4.76. The number of esters is 1. The van der Waals surface area contributed by atoms with Gasteiger partial charge in [-0.05, 0) is 25.0 Å². The van der Waals surface area contributed by atoms with Crippen molar-refractivity contribution in [1.29, 1.82) is 0 Å². The summed E-state index contributed by atoms with van der Waals surface area (Å²) in [7, 11) is 0. The molecular formula is C21H21NO5. The van der Waals surface area contributed by atoms with E-state index in [-0.39, 0.29) is 6.54 Å². The van der Waals surface area contributed by atoms with Crippen LogP contribution in [-0.2, 0) is 25.5 Å². The third kappa shape index (κ3) is 3.46. The van der Waals surface area contributed by atoms with Crippen molar-refractivity contribution < 1.29 is 23.8 Å². The van der Waals surface area contributed by atoms with Crippen molar-refractivity contribution >= 4 is 12.1 Å². The van der Waals surface area contributed by atoms with Crippen LogP contribution in [0.5, 0.6) is 0 Å². The van der Waals surface area contributed by atoms with Gasteiger partial charge in [0.25, 0.3) is 0 Å². The van der Waals surface area contributed by atoms with Crippen LogP contribution in [0.4, 0.5) is 4.79 Å². The monoisotopic (exact) mass is 367 g/mol. The van der Waals surface area contributed by atoms with E-state index < -0.39 is 36.1 Å². The summed E-state index contributed by atoms with van der Waals surface area (Å²) in [6, 6.07) is 18.2. The molecule has 1 amide bonds. The number of carbonyl (C=O) groups is 2. The standard InChI is InChI=1S/C21H21NO5/c1-21(2)26-17(15-11-7-4-8-12-15)18(27-21)16-19(23)25-20(24)22(16)13-14-9-5-3-6-10-14/h3-12,16-18H,13H2,1-2H3/t16-,17-,18-/m0/s1. The Kier molecular flexibility index (Phi) is 4.45. The van der Waals surface area contributed by atoms with Crippen LogP contribution in [0.2, 0.25) is 0 Å². The first-order chi connectivity index (χ1) is 12.9. The van der Waals surface area contributed by atoms with E-state index in [9.17, 15) is 9.59 Å². The maximum atomic E-state index is 12.5. The van der Waals surface area contributed by atoms with Gasteiger partial charge in [0.15, 0.2) is 11.8 Å². The van der Waals surface area contributed by atoms with Gasteiger partial charge in [0, 0.05) is 0 Å². The highest BCUT2D eigenvalue weighted by atomic mass is 16.8. The molecule has 4 rings (SSSR count). The zero-order valence-electron chi connectivity index (χ0n) is 15.2. The second kappa shape index (κ2) is 6.79. The first-order valence-corrected chi connectivity index (χ1v) is 8.91. The van der Waals surface area contributed by atoms with E-state index in [1.165, 1.54) is 4.90 Å². The van der Waals surface area contributed by atoms with E-state index in [4.69, 9.17) is 14.2 Å². The van der Waals surface area contributed by atoms with Gasteiger partial charge in [-0.15, -0.1) is 0 Å². The summed E-state index contributed by atoms with van der Waals surface area (Å²) in [6.07, 6.45) is -1.80. The van der Waals surface area contributed by atoms with Gasteiger partial charge in [-0.3, -0.25) is 4.90 Å². The Labute approximate surface area is 157 Å². The molecule has 0 unspecified atom stereocenters. The Bertz CT molecular complexity index is 836. The van der Waals surface area contributed by atoms with Crippen LogP contribution in [0.1, 0.15) is 31.1 Å². The molecule has 0 aromatic heterocycles. The fourth-order valence-electron chi connectivity index (χ4n) is 3.62. The topological polar surface area (TPSA) is 65.1 Å². The van der Waals surface area contributed by atoms with Crippen LogP contribution in [0, 0.1) is 0 Å². The van der Waals surface area contributed by atoms with Crippen LogP contribution >= 0.6 is 0 Å². The van der Waals surface area contributed by atoms with Gasteiger partial charge < -0.3 is 14.2 Å². The molecule has 2 aromatic rings. The van der Waals surface area contributed by atoms with Crippen LogP contribution < -0.4 is 0 Å². The third-order valence-electron chi connectivity index (χ3n) is 4.76. The summed E-state index contributed by atoms with van der Waals surface area (Å²) in [5.74, 6) is -1.49. The van der Waals surface area contributed by atoms with Crippen LogP contribution in [0.3, 0.4) is 0 Å². The average molecular weight is 367 g/mol. The van der Waals surface area contributed by atoms with Crippen molar-refractivity contribution in [2.75, 3.05) is 0 Å². The lowest BCUT2D eigenvalue weighted by atomic mass is 9.98. The molecule has 0 N–H and O–H groups in total. The Hall–Kier alpha value is -2.70. The number of amides is 1. The molecule has 27 heavy (non-hydrogen) atoms. The molecule has 2 fully saturated rings. The molecule has 6 heteroatoms. The molecule has 0 bridgehead atoms. The van der Waals surface area contributed by atoms with E-state index in [0.717, 1.165) is 11.1 Å². The predicted octanol–water partition coefficient (Wildman–Crippen LogP) is 3.43. The SMILES string of the molecule is CC1(C)O[C@@H]([C@H]2C(=O)OC(=O)N2Cc2ccccc2)[C@H](c2ccccc2)O1. The first-order valence-electron chi connectivity index (χ1n) is 8.91. The molecule has 0 saturated carbocycles. The molecule has 140 valence electrons. The minimum absolute atomic E-state index is 0.262. The van der Waals surface area contributed by atoms with Gasteiger partial charge >= 0.3 is 12.1 Å². The molecule has 2 aliphatic rings. The van der Waals surface area contributed by atoms with Crippen molar-refractivity contribution in [3.8, 4) is 0 Å². The number of ether oxygens (including phenoxy) is 3. The Morgan fingerprint density at radius 3 is 2.22 bits per heavy atom. The van der Waals surface area contributed by atoms with E-state index in [2.05, 4.69) is 0 Å². The molecule has 2 saturated heterocycles. The van der Waals surface area contributed by atoms with Gasteiger partial charge in [-0.1, -0.05) is 60.7 Å². The van der Waals surface area contributed by atoms with Gasteiger partial charge in [-0.25, -0.2) is 9.59 Å². The molecule has 0 radical (unpaired) electrons. The summed E-state index contributed by atoms with van der Waals surface area (Å²) in [6.45, 7) is 3.86. The van der Waals surface area contributed by atoms with Gasteiger partial charge in [-0.2, -0.15) is 0 Å². The maximum absolute atomic E-state index is 12.5. The fourth-order valence-corrected chi connectivity index (χ4v) is 3.62. The lowest BCUT2D eigenvalue weighted by Gasteiger charge is -2.27. The molecular weight excluding hydrogens is 346 g/mol. The first kappa shape index (κ1) is 17.7. The van der Waals surface area contributed by atoms with Gasteiger partial charge in [0.1, 0.15) is 12.2 Å². The highest BCUT2D eigenvalue weighted by Crippen LogP contribution is 2.42. The average Bonchev–Trinajstić information content (AvgIpc) is 3.11. The summed E-state index contributed by atoms with van der Waals surface area (Å²) >= 11 is 0. The minimum atomic E-state index is -0.879. The molecule has 0 aliphatic carbocycles. The Morgan fingerprint density at radius 1 is 0.926 bits per heavy atom. The molecule has 2 aliphatic heterocycles. The van der Waals surface area contributed by atoms with E-state index in [1.807, 2.05) is 60.7 Å². The highest BCUT2D eigenvalue weighted by molar-refractivity contribution is 5.96. The maximum Gasteiger partial charge on any atom is 0.418 e. The zero-order chi connectivity index (χ0) is 19.0. The number of cyclic esters (lactones) is 2. The number of benzene rings is 2. The highest BCUT2D eigenvalue weighted by Gasteiger charge is 2.55. The lowest BCUT2D eigenvalue weighted by molar-refractivity contribution is -0.155. The summed E-state index contributed by atoms with van der Waals surface area (Å²) < 4.78 is 17.1. The zero-order valence-corrected chi connectivity index (χ0v) is 15.2. The Morgan fingerprint density at radius 2 is 1.56 bits per heavy atom. The number of rotatable bonds is 4. The van der Waals surface area contributed by atoms with E-state index in [1.54, 1.807) is 13.8 Å². The number of nitrogens with zero attached hydrogens (tertiary/aromatic N) is 1. The molecule has 3 atom stereocenters. The lowest BCUT2D eigenvalue weighted by Crippen LogP contribution is -2.46. The van der Waals surface area contributed by atoms with Crippen molar-refractivity contribution in [3.63, 3.8) is 0 Å². The summed E-state index contributed by atoms with van der Waals surface area (Å²) in [4.78, 5) is 26.3. The van der Waals surface area contributed by atoms with E-state index >= 15 is 0 Å². The normalized spacial score (nSPS) is 27.0. The second-order valence-electron chi connectivity index (χ2n) is 7.18. The minimum Gasteiger partial charge on any atom is -0.374 e.